The average molecular weight is 460 g/mol. The van der Waals surface area contributed by atoms with Crippen molar-refractivity contribution in [3.8, 4) is 17.3 Å². The van der Waals surface area contributed by atoms with E-state index in [9.17, 15) is 13.2 Å². The van der Waals surface area contributed by atoms with Gasteiger partial charge in [-0.3, -0.25) is 0 Å². The van der Waals surface area contributed by atoms with Gasteiger partial charge in [-0.05, 0) is 42.2 Å². The molecule has 0 radical (unpaired) electrons. The Morgan fingerprint density at radius 3 is 2.52 bits per heavy atom. The first-order chi connectivity index (χ1) is 15.6. The van der Waals surface area contributed by atoms with Crippen molar-refractivity contribution < 1.29 is 22.6 Å². The molecule has 0 saturated heterocycles. The van der Waals surface area contributed by atoms with Crippen LogP contribution in [-0.4, -0.2) is 49.3 Å². The minimum atomic E-state index is -4.45. The van der Waals surface area contributed by atoms with E-state index in [1.165, 1.54) is 10.6 Å². The molecule has 33 heavy (non-hydrogen) atoms. The van der Waals surface area contributed by atoms with E-state index >= 15 is 0 Å². The van der Waals surface area contributed by atoms with Crippen molar-refractivity contribution in [1.82, 2.24) is 29.4 Å². The summed E-state index contributed by atoms with van der Waals surface area (Å²) < 4.78 is 51.5. The van der Waals surface area contributed by atoms with Crippen LogP contribution in [0.3, 0.4) is 0 Å². The fraction of sp³-hybridized carbons (Fsp3) is 0.364. The molecule has 0 atom stereocenters. The Hall–Kier alpha value is -3.63. The maximum absolute atomic E-state index is 12.7. The predicted octanol–water partition coefficient (Wildman–Crippen LogP) is 4.28. The first-order valence-corrected chi connectivity index (χ1v) is 10.3. The molecule has 0 fully saturated rings. The zero-order valence-electron chi connectivity index (χ0n) is 18.6. The number of pyridine rings is 1. The number of alkyl halides is 3. The number of hydrogen-bond acceptors (Lipinski definition) is 6. The zero-order chi connectivity index (χ0) is 23.8. The number of fused-ring (bicyclic) bond motifs is 1. The topological polar surface area (TPSA) is 79.4 Å². The second kappa shape index (κ2) is 8.72. The summed E-state index contributed by atoms with van der Waals surface area (Å²) in [5.41, 5.74) is 2.94. The molecular weight excluding hydrogens is 437 g/mol. The molecule has 0 bridgehead atoms. The van der Waals surface area contributed by atoms with E-state index in [-0.39, 0.29) is 11.8 Å². The highest BCUT2D eigenvalue weighted by atomic mass is 19.4. The lowest BCUT2D eigenvalue weighted by Crippen LogP contribution is -2.20. The molecule has 1 aromatic carbocycles. The van der Waals surface area contributed by atoms with E-state index in [0.29, 0.717) is 29.5 Å². The summed E-state index contributed by atoms with van der Waals surface area (Å²) in [6, 6.07) is 8.81. The molecule has 0 amide bonds. The lowest BCUT2D eigenvalue weighted by atomic mass is 10.1. The van der Waals surface area contributed by atoms with Gasteiger partial charge in [-0.1, -0.05) is 19.9 Å². The smallest absolute Gasteiger partial charge is 0.422 e. The van der Waals surface area contributed by atoms with Gasteiger partial charge in [-0.2, -0.15) is 22.8 Å². The van der Waals surface area contributed by atoms with Gasteiger partial charge >= 0.3 is 6.18 Å². The molecular formula is C22H23F3N6O2. The number of rotatable bonds is 7. The lowest BCUT2D eigenvalue weighted by molar-refractivity contribution is -0.154. The van der Waals surface area contributed by atoms with Gasteiger partial charge in [0.25, 0.3) is 0 Å². The number of aryl methyl sites for hydroxylation is 1. The minimum Gasteiger partial charge on any atom is -0.494 e. The Morgan fingerprint density at radius 2 is 1.88 bits per heavy atom. The average Bonchev–Trinajstić information content (AvgIpc) is 3.37. The molecule has 3 heterocycles. The van der Waals surface area contributed by atoms with Crippen molar-refractivity contribution in [2.45, 2.75) is 39.3 Å². The number of methoxy groups -OCH3 is 1. The van der Waals surface area contributed by atoms with Gasteiger partial charge in [-0.25, -0.2) is 14.6 Å². The first kappa shape index (κ1) is 22.6. The van der Waals surface area contributed by atoms with Crippen LogP contribution in [0.15, 0.2) is 36.7 Å². The van der Waals surface area contributed by atoms with Crippen LogP contribution in [0, 0.1) is 6.92 Å². The van der Waals surface area contributed by atoms with Crippen molar-refractivity contribution in [3.63, 3.8) is 0 Å². The zero-order valence-corrected chi connectivity index (χ0v) is 18.6. The molecule has 174 valence electrons. The fourth-order valence-corrected chi connectivity index (χ4v) is 3.46. The van der Waals surface area contributed by atoms with E-state index in [0.717, 1.165) is 16.8 Å². The number of hydrogen-bond donors (Lipinski definition) is 0. The summed E-state index contributed by atoms with van der Waals surface area (Å²) in [4.78, 5) is 8.73. The van der Waals surface area contributed by atoms with Crippen LogP contribution in [-0.2, 0) is 6.42 Å². The van der Waals surface area contributed by atoms with Crippen LogP contribution in [0.1, 0.15) is 42.5 Å². The van der Waals surface area contributed by atoms with Crippen molar-refractivity contribution in [3.05, 3.63) is 59.4 Å². The van der Waals surface area contributed by atoms with Gasteiger partial charge in [0.1, 0.15) is 23.6 Å². The number of nitrogens with zero attached hydrogens (tertiary/aromatic N) is 6. The van der Waals surface area contributed by atoms with Crippen LogP contribution in [0.2, 0.25) is 0 Å². The van der Waals surface area contributed by atoms with Crippen molar-refractivity contribution in [2.24, 2.45) is 0 Å². The van der Waals surface area contributed by atoms with E-state index in [4.69, 9.17) is 9.47 Å². The van der Waals surface area contributed by atoms with Crippen molar-refractivity contribution in [2.75, 3.05) is 13.7 Å². The summed E-state index contributed by atoms with van der Waals surface area (Å²) in [6.45, 7) is 4.36. The maximum atomic E-state index is 12.7. The highest BCUT2D eigenvalue weighted by Gasteiger charge is 2.29. The molecule has 0 N–H and O–H groups in total. The van der Waals surface area contributed by atoms with Gasteiger partial charge in [0.05, 0.1) is 7.11 Å². The SMILES string of the molecule is COc1cc(Cc2nc3c(C(C)C)ccc(OCC(F)(F)F)n3n2)ccc1-n1cnc(C)n1. The molecule has 0 unspecified atom stereocenters. The Morgan fingerprint density at radius 1 is 1.09 bits per heavy atom. The number of aromatic nitrogens is 6. The predicted molar refractivity (Wildman–Crippen MR) is 114 cm³/mol. The normalized spacial score (nSPS) is 12.0. The van der Waals surface area contributed by atoms with Gasteiger partial charge < -0.3 is 9.47 Å². The molecule has 8 nitrogen and oxygen atoms in total. The number of benzene rings is 1. The molecule has 0 saturated carbocycles. The van der Waals surface area contributed by atoms with Crippen molar-refractivity contribution >= 4 is 5.65 Å². The van der Waals surface area contributed by atoms with E-state index in [1.54, 1.807) is 31.1 Å². The Kier molecular flexibility index (Phi) is 5.96. The Labute approximate surface area is 188 Å². The maximum Gasteiger partial charge on any atom is 0.422 e. The quantitative estimate of drug-likeness (QED) is 0.410. The summed E-state index contributed by atoms with van der Waals surface area (Å²) in [7, 11) is 1.56. The molecule has 11 heteroatoms. The summed E-state index contributed by atoms with van der Waals surface area (Å²) in [5, 5.41) is 8.74. The molecule has 0 aliphatic heterocycles. The third-order valence-electron chi connectivity index (χ3n) is 4.99. The highest BCUT2D eigenvalue weighted by Crippen LogP contribution is 2.27. The van der Waals surface area contributed by atoms with Crippen LogP contribution in [0.4, 0.5) is 13.2 Å². The largest absolute Gasteiger partial charge is 0.494 e. The number of halogens is 3. The monoisotopic (exact) mass is 460 g/mol. The standard InChI is InChI=1S/C22H23F3N6O2/c1-13(2)16-6-8-20(33-11-22(23,24)25)31-21(16)27-19(29-31)10-15-5-7-17(18(9-15)32-4)30-12-26-14(3)28-30/h5-9,12-13H,10-11H2,1-4H3. The summed E-state index contributed by atoms with van der Waals surface area (Å²) >= 11 is 0. The molecule has 0 aliphatic rings. The van der Waals surface area contributed by atoms with E-state index in [1.807, 2.05) is 32.0 Å². The molecule has 3 aromatic heterocycles. The van der Waals surface area contributed by atoms with Crippen LogP contribution >= 0.6 is 0 Å². The first-order valence-electron chi connectivity index (χ1n) is 10.3. The minimum absolute atomic E-state index is 0.0139. The van der Waals surface area contributed by atoms with Crippen molar-refractivity contribution in [1.29, 1.82) is 0 Å². The summed E-state index contributed by atoms with van der Waals surface area (Å²) in [6.07, 6.45) is -2.50. The third kappa shape index (κ3) is 4.91. The molecule has 4 aromatic rings. The molecule has 4 rings (SSSR count). The van der Waals surface area contributed by atoms with Gasteiger partial charge in [0, 0.05) is 12.5 Å². The Balaban J connectivity index is 1.68. The second-order valence-electron chi connectivity index (χ2n) is 7.87. The second-order valence-corrected chi connectivity index (χ2v) is 7.87. The van der Waals surface area contributed by atoms with Gasteiger partial charge in [0.15, 0.2) is 18.1 Å². The van der Waals surface area contributed by atoms with Crippen LogP contribution in [0.25, 0.3) is 11.3 Å². The van der Waals surface area contributed by atoms with E-state index in [2.05, 4.69) is 20.2 Å². The number of ether oxygens (including phenoxy) is 2. The molecule has 0 aliphatic carbocycles. The summed E-state index contributed by atoms with van der Waals surface area (Å²) in [5.74, 6) is 1.77. The Bertz CT molecular complexity index is 1280. The molecule has 0 spiro atoms. The van der Waals surface area contributed by atoms with Gasteiger partial charge in [-0.15, -0.1) is 5.10 Å². The lowest BCUT2D eigenvalue weighted by Gasteiger charge is -2.12. The van der Waals surface area contributed by atoms with Gasteiger partial charge in [0.2, 0.25) is 5.88 Å². The van der Waals surface area contributed by atoms with E-state index < -0.39 is 12.8 Å². The van der Waals surface area contributed by atoms with Crippen LogP contribution in [0.5, 0.6) is 11.6 Å². The fourth-order valence-electron chi connectivity index (χ4n) is 3.46. The highest BCUT2D eigenvalue weighted by molar-refractivity contribution is 5.52. The third-order valence-corrected chi connectivity index (χ3v) is 4.99. The van der Waals surface area contributed by atoms with Crippen LogP contribution < -0.4 is 9.47 Å².